The summed E-state index contributed by atoms with van der Waals surface area (Å²) in [6, 6.07) is 18.8. The fourth-order valence-electron chi connectivity index (χ4n) is 2.48. The summed E-state index contributed by atoms with van der Waals surface area (Å²) in [5, 5.41) is 2.56. The van der Waals surface area contributed by atoms with E-state index in [1.54, 1.807) is 24.3 Å². The Hall–Kier alpha value is -3.23. The molecule has 0 spiro atoms. The summed E-state index contributed by atoms with van der Waals surface area (Å²) in [6.07, 6.45) is 0. The molecular weight excluding hydrogens is 395 g/mol. The highest BCUT2D eigenvalue weighted by atomic mass is 32.2. The Kier molecular flexibility index (Phi) is 5.95. The van der Waals surface area contributed by atoms with E-state index >= 15 is 0 Å². The molecule has 0 heterocycles. The Morgan fingerprint density at radius 3 is 2.17 bits per heavy atom. The second-order valence-corrected chi connectivity index (χ2v) is 8.47. The van der Waals surface area contributed by atoms with Crippen molar-refractivity contribution in [2.75, 3.05) is 19.4 Å². The lowest BCUT2D eigenvalue weighted by Crippen LogP contribution is -2.23. The Bertz CT molecular complexity index is 1120. The van der Waals surface area contributed by atoms with E-state index in [2.05, 4.69) is 5.32 Å². The zero-order chi connectivity index (χ0) is 21.0. The molecule has 3 aromatic rings. The Labute approximate surface area is 168 Å². The number of hydrogen-bond donors (Lipinski definition) is 1. The largest absolute Gasteiger partial charge is 0.457 e. The van der Waals surface area contributed by atoms with E-state index < -0.39 is 21.7 Å². The molecule has 8 heteroatoms. The minimum atomic E-state index is -3.79. The van der Waals surface area contributed by atoms with Crippen molar-refractivity contribution >= 4 is 21.6 Å². The van der Waals surface area contributed by atoms with Crippen molar-refractivity contribution in [3.63, 3.8) is 0 Å². The summed E-state index contributed by atoms with van der Waals surface area (Å²) in [5.74, 6) is -0.330. The van der Waals surface area contributed by atoms with Crippen molar-refractivity contribution in [3.05, 3.63) is 84.2 Å². The van der Waals surface area contributed by atoms with E-state index in [0.717, 1.165) is 22.5 Å². The van der Waals surface area contributed by atoms with Gasteiger partial charge in [-0.25, -0.2) is 17.1 Å². The average molecular weight is 414 g/mol. The predicted octanol–water partition coefficient (Wildman–Crippen LogP) is 4.12. The van der Waals surface area contributed by atoms with Gasteiger partial charge in [-0.3, -0.25) is 4.79 Å². The van der Waals surface area contributed by atoms with Crippen LogP contribution in [0.4, 0.5) is 10.1 Å². The number of carbonyl (C=O) groups is 1. The van der Waals surface area contributed by atoms with Gasteiger partial charge in [-0.15, -0.1) is 0 Å². The molecule has 6 nitrogen and oxygen atoms in total. The molecule has 0 aromatic heterocycles. The number of ether oxygens (including phenoxy) is 1. The number of nitrogens with zero attached hydrogens (tertiary/aromatic N) is 1. The van der Waals surface area contributed by atoms with Gasteiger partial charge in [0.2, 0.25) is 10.0 Å². The van der Waals surface area contributed by atoms with Crippen LogP contribution >= 0.6 is 0 Å². The highest BCUT2D eigenvalue weighted by Crippen LogP contribution is 2.24. The third kappa shape index (κ3) is 4.79. The van der Waals surface area contributed by atoms with Crippen LogP contribution in [0.5, 0.6) is 11.5 Å². The first-order valence-corrected chi connectivity index (χ1v) is 10.1. The van der Waals surface area contributed by atoms with Crippen molar-refractivity contribution in [3.8, 4) is 11.5 Å². The molecule has 3 aromatic carbocycles. The van der Waals surface area contributed by atoms with Crippen LogP contribution in [0.1, 0.15) is 10.4 Å². The van der Waals surface area contributed by atoms with Gasteiger partial charge >= 0.3 is 0 Å². The van der Waals surface area contributed by atoms with Crippen molar-refractivity contribution < 1.29 is 22.3 Å². The van der Waals surface area contributed by atoms with Gasteiger partial charge in [0.15, 0.2) is 0 Å². The molecule has 1 N–H and O–H groups in total. The molecule has 0 unspecified atom stereocenters. The molecule has 0 aliphatic rings. The van der Waals surface area contributed by atoms with E-state index in [4.69, 9.17) is 4.74 Å². The maximum atomic E-state index is 14.1. The first kappa shape index (κ1) is 20.5. The number of halogens is 1. The molecule has 0 aliphatic heterocycles. The van der Waals surface area contributed by atoms with E-state index in [1.165, 1.54) is 14.1 Å². The average Bonchev–Trinajstić information content (AvgIpc) is 2.70. The summed E-state index contributed by atoms with van der Waals surface area (Å²) in [6.45, 7) is 0. The van der Waals surface area contributed by atoms with Crippen LogP contribution in [-0.4, -0.2) is 32.7 Å². The molecule has 1 amide bonds. The van der Waals surface area contributed by atoms with Crippen LogP contribution in [0.25, 0.3) is 0 Å². The third-order valence-corrected chi connectivity index (χ3v) is 5.86. The normalized spacial score (nSPS) is 11.3. The topological polar surface area (TPSA) is 75.7 Å². The lowest BCUT2D eigenvalue weighted by atomic mass is 10.2. The van der Waals surface area contributed by atoms with Gasteiger partial charge in [0, 0.05) is 19.8 Å². The number of nitrogens with one attached hydrogen (secondary N) is 1. The number of benzene rings is 3. The maximum Gasteiger partial charge on any atom is 0.258 e. The monoisotopic (exact) mass is 414 g/mol. The standard InChI is InChI=1S/C21H19FN2O4S/c1-24(2)29(26,27)18-12-13-20(22)19(14-18)21(25)23-15-8-10-17(11-9-15)28-16-6-4-3-5-7-16/h3-14H,1-2H3,(H,23,25). The van der Waals surface area contributed by atoms with Gasteiger partial charge < -0.3 is 10.1 Å². The van der Waals surface area contributed by atoms with E-state index in [-0.39, 0.29) is 10.5 Å². The molecular formula is C21H19FN2O4S. The van der Waals surface area contributed by atoms with Crippen molar-refractivity contribution in [2.45, 2.75) is 4.90 Å². The Morgan fingerprint density at radius 2 is 1.55 bits per heavy atom. The SMILES string of the molecule is CN(C)S(=O)(=O)c1ccc(F)c(C(=O)Nc2ccc(Oc3ccccc3)cc2)c1. The summed E-state index contributed by atoms with van der Waals surface area (Å²) < 4.78 is 45.2. The molecule has 3 rings (SSSR count). The quantitative estimate of drug-likeness (QED) is 0.658. The lowest BCUT2D eigenvalue weighted by molar-refractivity contribution is 0.102. The van der Waals surface area contributed by atoms with Crippen LogP contribution in [-0.2, 0) is 10.0 Å². The number of para-hydroxylation sites is 1. The molecule has 0 saturated heterocycles. The van der Waals surface area contributed by atoms with Gasteiger partial charge in [0.1, 0.15) is 17.3 Å². The maximum absolute atomic E-state index is 14.1. The van der Waals surface area contributed by atoms with Crippen molar-refractivity contribution in [1.29, 1.82) is 0 Å². The van der Waals surface area contributed by atoms with Crippen molar-refractivity contribution in [1.82, 2.24) is 4.31 Å². The zero-order valence-electron chi connectivity index (χ0n) is 15.8. The number of carbonyl (C=O) groups excluding carboxylic acids is 1. The van der Waals surface area contributed by atoms with Gasteiger partial charge in [-0.05, 0) is 54.6 Å². The number of sulfonamides is 1. The highest BCUT2D eigenvalue weighted by Gasteiger charge is 2.21. The first-order chi connectivity index (χ1) is 13.8. The third-order valence-electron chi connectivity index (χ3n) is 4.05. The Morgan fingerprint density at radius 1 is 0.931 bits per heavy atom. The molecule has 0 fully saturated rings. The summed E-state index contributed by atoms with van der Waals surface area (Å²) in [7, 11) is -1.07. The number of hydrogen-bond acceptors (Lipinski definition) is 4. The smallest absolute Gasteiger partial charge is 0.258 e. The van der Waals surface area contributed by atoms with E-state index in [9.17, 15) is 17.6 Å². The first-order valence-electron chi connectivity index (χ1n) is 8.64. The van der Waals surface area contributed by atoms with Crippen LogP contribution in [0.2, 0.25) is 0 Å². The van der Waals surface area contributed by atoms with Crippen LogP contribution < -0.4 is 10.1 Å². The van der Waals surface area contributed by atoms with E-state index in [1.807, 2.05) is 30.3 Å². The molecule has 0 atom stereocenters. The minimum Gasteiger partial charge on any atom is -0.457 e. The summed E-state index contributed by atoms with van der Waals surface area (Å²) in [5.41, 5.74) is 0.0493. The van der Waals surface area contributed by atoms with Gasteiger partial charge in [-0.2, -0.15) is 0 Å². The second-order valence-electron chi connectivity index (χ2n) is 6.32. The van der Waals surface area contributed by atoms with Gasteiger partial charge in [-0.1, -0.05) is 18.2 Å². The molecule has 150 valence electrons. The van der Waals surface area contributed by atoms with Crippen LogP contribution in [0.15, 0.2) is 77.7 Å². The molecule has 0 bridgehead atoms. The molecule has 0 radical (unpaired) electrons. The van der Waals surface area contributed by atoms with E-state index in [0.29, 0.717) is 17.2 Å². The summed E-state index contributed by atoms with van der Waals surface area (Å²) in [4.78, 5) is 12.3. The number of rotatable bonds is 6. The Balaban J connectivity index is 1.76. The van der Waals surface area contributed by atoms with Crippen LogP contribution in [0, 0.1) is 5.82 Å². The zero-order valence-corrected chi connectivity index (χ0v) is 16.6. The molecule has 29 heavy (non-hydrogen) atoms. The lowest BCUT2D eigenvalue weighted by Gasteiger charge is -2.13. The van der Waals surface area contributed by atoms with Gasteiger partial charge in [0.05, 0.1) is 10.5 Å². The summed E-state index contributed by atoms with van der Waals surface area (Å²) >= 11 is 0. The minimum absolute atomic E-state index is 0.166. The fourth-order valence-corrected chi connectivity index (χ4v) is 3.41. The highest BCUT2D eigenvalue weighted by molar-refractivity contribution is 7.89. The second kappa shape index (κ2) is 8.42. The molecule has 0 saturated carbocycles. The molecule has 0 aliphatic carbocycles. The van der Waals surface area contributed by atoms with Gasteiger partial charge in [0.25, 0.3) is 5.91 Å². The predicted molar refractivity (Wildman–Crippen MR) is 108 cm³/mol. The number of anilines is 1. The van der Waals surface area contributed by atoms with Crippen LogP contribution in [0.3, 0.4) is 0 Å². The number of amides is 1. The van der Waals surface area contributed by atoms with Crippen molar-refractivity contribution in [2.24, 2.45) is 0 Å². The fraction of sp³-hybridized carbons (Fsp3) is 0.0952.